The molecule has 1 aromatic carbocycles. The van der Waals surface area contributed by atoms with Crippen molar-refractivity contribution >= 4 is 5.97 Å². The van der Waals surface area contributed by atoms with Crippen molar-refractivity contribution in [2.45, 2.75) is 38.7 Å². The molecule has 1 fully saturated rings. The molecule has 2 rings (SSSR count). The fraction of sp³-hybridized carbons (Fsp3) is 0.562. The van der Waals surface area contributed by atoms with Crippen LogP contribution >= 0.6 is 0 Å². The molecule has 0 unspecified atom stereocenters. The number of ether oxygens (including phenoxy) is 1. The summed E-state index contributed by atoms with van der Waals surface area (Å²) in [5, 5.41) is 8.63. The molecule has 1 aromatic rings. The molecule has 1 aliphatic rings. The van der Waals surface area contributed by atoms with E-state index in [0.717, 1.165) is 44.6 Å². The van der Waals surface area contributed by atoms with Gasteiger partial charge in [-0.1, -0.05) is 17.7 Å². The molecule has 110 valence electrons. The highest BCUT2D eigenvalue weighted by atomic mass is 16.5. The third-order valence-electron chi connectivity index (χ3n) is 3.72. The molecule has 0 aromatic heterocycles. The minimum absolute atomic E-state index is 0.264. The van der Waals surface area contributed by atoms with E-state index in [0.29, 0.717) is 0 Å². The molecule has 0 amide bonds. The number of aryl methyl sites for hydroxylation is 1. The summed E-state index contributed by atoms with van der Waals surface area (Å²) < 4.78 is 5.98. The molecule has 0 spiro atoms. The van der Waals surface area contributed by atoms with Crippen LogP contribution in [0.2, 0.25) is 0 Å². The summed E-state index contributed by atoms with van der Waals surface area (Å²) >= 11 is 0. The largest absolute Gasteiger partial charge is 0.490 e. The van der Waals surface area contributed by atoms with Gasteiger partial charge in [-0.15, -0.1) is 0 Å². The van der Waals surface area contributed by atoms with Crippen molar-refractivity contribution in [3.63, 3.8) is 0 Å². The number of piperidine rings is 1. The normalized spacial score (nSPS) is 17.1. The van der Waals surface area contributed by atoms with E-state index in [2.05, 4.69) is 24.0 Å². The first kappa shape index (κ1) is 14.9. The smallest absolute Gasteiger partial charge is 0.303 e. The zero-order valence-corrected chi connectivity index (χ0v) is 12.0. The summed E-state index contributed by atoms with van der Waals surface area (Å²) in [5.41, 5.74) is 1.24. The van der Waals surface area contributed by atoms with E-state index in [9.17, 15) is 4.79 Å². The van der Waals surface area contributed by atoms with E-state index < -0.39 is 5.97 Å². The molecule has 4 heteroatoms. The fourth-order valence-corrected chi connectivity index (χ4v) is 2.51. The Balaban J connectivity index is 1.68. The van der Waals surface area contributed by atoms with Gasteiger partial charge < -0.3 is 14.7 Å². The molecule has 20 heavy (non-hydrogen) atoms. The van der Waals surface area contributed by atoms with Crippen LogP contribution < -0.4 is 4.74 Å². The first-order chi connectivity index (χ1) is 9.63. The van der Waals surface area contributed by atoms with E-state index in [1.54, 1.807) is 0 Å². The predicted molar refractivity (Wildman–Crippen MR) is 78.1 cm³/mol. The quantitative estimate of drug-likeness (QED) is 0.868. The van der Waals surface area contributed by atoms with Crippen LogP contribution in [0.1, 0.15) is 31.2 Å². The van der Waals surface area contributed by atoms with Gasteiger partial charge in [0.25, 0.3) is 0 Å². The number of hydrogen-bond acceptors (Lipinski definition) is 3. The van der Waals surface area contributed by atoms with Crippen LogP contribution in [-0.4, -0.2) is 41.7 Å². The molecule has 0 radical (unpaired) electrons. The van der Waals surface area contributed by atoms with Gasteiger partial charge in [0.2, 0.25) is 0 Å². The highest BCUT2D eigenvalue weighted by molar-refractivity contribution is 5.66. The number of carboxylic acid groups (broad SMARTS) is 1. The average Bonchev–Trinajstić information content (AvgIpc) is 2.43. The van der Waals surface area contributed by atoms with E-state index in [1.807, 2.05) is 12.1 Å². The summed E-state index contributed by atoms with van der Waals surface area (Å²) in [6, 6.07) is 8.18. The molecular formula is C16H23NO3. The minimum Gasteiger partial charge on any atom is -0.490 e. The fourth-order valence-electron chi connectivity index (χ4n) is 2.51. The highest BCUT2D eigenvalue weighted by Gasteiger charge is 2.20. The lowest BCUT2D eigenvalue weighted by molar-refractivity contribution is -0.137. The monoisotopic (exact) mass is 277 g/mol. The standard InChI is InChI=1S/C16H23NO3/c1-13-4-6-14(7-5-13)20-15-8-11-17(12-9-15)10-2-3-16(18)19/h4-7,15H,2-3,8-12H2,1H3,(H,18,19). The third kappa shape index (κ3) is 4.85. The Morgan fingerprint density at radius 1 is 1.30 bits per heavy atom. The molecular weight excluding hydrogens is 254 g/mol. The van der Waals surface area contributed by atoms with Gasteiger partial charge in [0.1, 0.15) is 11.9 Å². The first-order valence-electron chi connectivity index (χ1n) is 7.31. The van der Waals surface area contributed by atoms with Crippen LogP contribution in [0, 0.1) is 6.92 Å². The Kier molecular flexibility index (Phi) is 5.41. The number of likely N-dealkylation sites (tertiary alicyclic amines) is 1. The summed E-state index contributed by atoms with van der Waals surface area (Å²) in [5.74, 6) is 0.238. The molecule has 0 atom stereocenters. The zero-order valence-electron chi connectivity index (χ0n) is 12.0. The average molecular weight is 277 g/mol. The lowest BCUT2D eigenvalue weighted by atomic mass is 10.1. The lowest BCUT2D eigenvalue weighted by Gasteiger charge is -2.32. The number of carboxylic acids is 1. The Hall–Kier alpha value is -1.55. The van der Waals surface area contributed by atoms with E-state index in [-0.39, 0.29) is 12.5 Å². The van der Waals surface area contributed by atoms with Crippen molar-refractivity contribution in [1.82, 2.24) is 4.90 Å². The van der Waals surface area contributed by atoms with Crippen LogP contribution in [0.4, 0.5) is 0 Å². The number of carbonyl (C=O) groups is 1. The van der Waals surface area contributed by atoms with Crippen molar-refractivity contribution < 1.29 is 14.6 Å². The molecule has 0 saturated carbocycles. The maximum atomic E-state index is 10.5. The van der Waals surface area contributed by atoms with Crippen LogP contribution in [0.3, 0.4) is 0 Å². The van der Waals surface area contributed by atoms with Crippen molar-refractivity contribution in [3.05, 3.63) is 29.8 Å². The zero-order chi connectivity index (χ0) is 14.4. The van der Waals surface area contributed by atoms with Gasteiger partial charge in [-0.3, -0.25) is 4.79 Å². The van der Waals surface area contributed by atoms with Gasteiger partial charge in [-0.05, 0) is 44.9 Å². The van der Waals surface area contributed by atoms with Crippen molar-refractivity contribution in [3.8, 4) is 5.75 Å². The van der Waals surface area contributed by atoms with Crippen molar-refractivity contribution in [1.29, 1.82) is 0 Å². The molecule has 1 saturated heterocycles. The van der Waals surface area contributed by atoms with Crippen LogP contribution in [0.15, 0.2) is 24.3 Å². The van der Waals surface area contributed by atoms with Gasteiger partial charge >= 0.3 is 5.97 Å². The number of rotatable bonds is 6. The first-order valence-corrected chi connectivity index (χ1v) is 7.31. The highest BCUT2D eigenvalue weighted by Crippen LogP contribution is 2.19. The number of nitrogens with zero attached hydrogens (tertiary/aromatic N) is 1. The predicted octanol–water partition coefficient (Wildman–Crippen LogP) is 2.70. The number of aliphatic carboxylic acids is 1. The molecule has 0 aliphatic carbocycles. The van der Waals surface area contributed by atoms with Crippen molar-refractivity contribution in [2.75, 3.05) is 19.6 Å². The summed E-state index contributed by atoms with van der Waals surface area (Å²) in [4.78, 5) is 12.8. The summed E-state index contributed by atoms with van der Waals surface area (Å²) in [7, 11) is 0. The van der Waals surface area contributed by atoms with Crippen LogP contribution in [0.25, 0.3) is 0 Å². The van der Waals surface area contributed by atoms with Gasteiger partial charge in [-0.2, -0.15) is 0 Å². The second-order valence-electron chi connectivity index (χ2n) is 5.47. The Morgan fingerprint density at radius 2 is 1.95 bits per heavy atom. The molecule has 1 N–H and O–H groups in total. The van der Waals surface area contributed by atoms with Crippen LogP contribution in [-0.2, 0) is 4.79 Å². The van der Waals surface area contributed by atoms with E-state index in [1.165, 1.54) is 5.56 Å². The van der Waals surface area contributed by atoms with Gasteiger partial charge in [0.15, 0.2) is 0 Å². The van der Waals surface area contributed by atoms with Gasteiger partial charge in [0.05, 0.1) is 0 Å². The lowest BCUT2D eigenvalue weighted by Crippen LogP contribution is -2.38. The number of benzene rings is 1. The SMILES string of the molecule is Cc1ccc(OC2CCN(CCCC(=O)O)CC2)cc1. The Morgan fingerprint density at radius 3 is 2.55 bits per heavy atom. The second kappa shape index (κ2) is 7.29. The Bertz CT molecular complexity index is 422. The summed E-state index contributed by atoms with van der Waals surface area (Å²) in [6.45, 7) is 4.94. The molecule has 0 bridgehead atoms. The van der Waals surface area contributed by atoms with Gasteiger partial charge in [-0.25, -0.2) is 0 Å². The third-order valence-corrected chi connectivity index (χ3v) is 3.72. The number of hydrogen-bond donors (Lipinski definition) is 1. The van der Waals surface area contributed by atoms with Gasteiger partial charge in [0, 0.05) is 19.5 Å². The second-order valence-corrected chi connectivity index (χ2v) is 5.47. The summed E-state index contributed by atoms with van der Waals surface area (Å²) in [6.07, 6.45) is 3.31. The minimum atomic E-state index is -0.706. The van der Waals surface area contributed by atoms with E-state index >= 15 is 0 Å². The van der Waals surface area contributed by atoms with Crippen LogP contribution in [0.5, 0.6) is 5.75 Å². The molecule has 1 aliphatic heterocycles. The topological polar surface area (TPSA) is 49.8 Å². The van der Waals surface area contributed by atoms with Crippen molar-refractivity contribution in [2.24, 2.45) is 0 Å². The molecule has 1 heterocycles. The Labute approximate surface area is 120 Å². The van der Waals surface area contributed by atoms with E-state index in [4.69, 9.17) is 9.84 Å². The maximum Gasteiger partial charge on any atom is 0.303 e. The maximum absolute atomic E-state index is 10.5. The molecule has 4 nitrogen and oxygen atoms in total.